The van der Waals surface area contributed by atoms with Crippen molar-refractivity contribution in [3.63, 3.8) is 0 Å². The molecular weight excluding hydrogens is 454 g/mol. The highest BCUT2D eigenvalue weighted by atomic mass is 32.2. The van der Waals surface area contributed by atoms with Gasteiger partial charge in [0.2, 0.25) is 12.3 Å². The first-order valence-corrected chi connectivity index (χ1v) is 13.4. The number of benzene rings is 1. The Morgan fingerprint density at radius 3 is 2.23 bits per heavy atom. The number of allylic oxidation sites excluding steroid dienone is 1. The number of nitrogens with zero attached hydrogens (tertiary/aromatic N) is 1. The lowest BCUT2D eigenvalue weighted by molar-refractivity contribution is -0.130. The summed E-state index contributed by atoms with van der Waals surface area (Å²) in [7, 11) is 0. The molecule has 1 unspecified atom stereocenters. The van der Waals surface area contributed by atoms with Crippen molar-refractivity contribution in [2.45, 2.75) is 87.2 Å². The van der Waals surface area contributed by atoms with Crippen LogP contribution in [-0.4, -0.2) is 36.3 Å². The fourth-order valence-corrected chi connectivity index (χ4v) is 3.81. The summed E-state index contributed by atoms with van der Waals surface area (Å²) in [5, 5.41) is 5.77. The van der Waals surface area contributed by atoms with Gasteiger partial charge >= 0.3 is 0 Å². The summed E-state index contributed by atoms with van der Waals surface area (Å²) in [5.41, 5.74) is 9.22. The fraction of sp³-hybridized carbons (Fsp3) is 0.586. The van der Waals surface area contributed by atoms with E-state index in [0.29, 0.717) is 25.3 Å². The number of nitrogens with two attached hydrogens (primary N) is 1. The average molecular weight is 502 g/mol. The molecule has 0 spiro atoms. The van der Waals surface area contributed by atoms with E-state index in [4.69, 9.17) is 5.73 Å². The van der Waals surface area contributed by atoms with Crippen LogP contribution >= 0.6 is 11.8 Å². The number of carbonyl (C=O) groups is 2. The molecule has 0 bridgehead atoms. The second-order valence-electron chi connectivity index (χ2n) is 9.98. The molecule has 1 fully saturated rings. The zero-order chi connectivity index (χ0) is 26.8. The Balaban J connectivity index is 0.000000614. The van der Waals surface area contributed by atoms with Gasteiger partial charge in [0, 0.05) is 43.4 Å². The first-order chi connectivity index (χ1) is 16.5. The molecule has 196 valence electrons. The van der Waals surface area contributed by atoms with E-state index in [1.807, 2.05) is 24.0 Å². The van der Waals surface area contributed by atoms with E-state index in [1.54, 1.807) is 11.8 Å². The number of hydrogen-bond donors (Lipinski definition) is 2. The third-order valence-corrected chi connectivity index (χ3v) is 5.72. The summed E-state index contributed by atoms with van der Waals surface area (Å²) >= 11 is 1.58. The van der Waals surface area contributed by atoms with E-state index in [9.17, 15) is 9.59 Å². The minimum atomic E-state index is 0.209. The summed E-state index contributed by atoms with van der Waals surface area (Å²) in [6.07, 6.45) is 3.21. The van der Waals surface area contributed by atoms with E-state index in [1.165, 1.54) is 16.0 Å². The topological polar surface area (TPSA) is 75.4 Å². The molecule has 1 aliphatic heterocycles. The van der Waals surface area contributed by atoms with Gasteiger partial charge in [-0.3, -0.25) is 9.59 Å². The van der Waals surface area contributed by atoms with E-state index in [0.717, 1.165) is 37.4 Å². The van der Waals surface area contributed by atoms with Crippen LogP contribution in [0.3, 0.4) is 0 Å². The normalized spacial score (nSPS) is 14.1. The maximum atomic E-state index is 11.5. The number of nitrogens with one attached hydrogen (secondary N) is 1. The van der Waals surface area contributed by atoms with Crippen molar-refractivity contribution in [2.75, 3.05) is 13.1 Å². The van der Waals surface area contributed by atoms with Gasteiger partial charge in [-0.25, -0.2) is 0 Å². The molecule has 35 heavy (non-hydrogen) atoms. The van der Waals surface area contributed by atoms with Gasteiger partial charge in [0.25, 0.3) is 0 Å². The smallest absolute Gasteiger partial charge is 0.222 e. The van der Waals surface area contributed by atoms with Crippen LogP contribution in [0.4, 0.5) is 0 Å². The molecule has 1 aromatic carbocycles. The number of carbonyl (C=O) groups excluding carboxylic acids is 2. The molecule has 2 rings (SSSR count). The summed E-state index contributed by atoms with van der Waals surface area (Å²) < 4.78 is 0. The molecule has 1 saturated heterocycles. The van der Waals surface area contributed by atoms with E-state index < -0.39 is 0 Å². The fourth-order valence-electron chi connectivity index (χ4n) is 3.03. The van der Waals surface area contributed by atoms with Crippen LogP contribution < -0.4 is 11.1 Å². The second kappa shape index (κ2) is 19.0. The Labute approximate surface area is 218 Å². The van der Waals surface area contributed by atoms with Gasteiger partial charge in [-0.15, -0.1) is 0 Å². The van der Waals surface area contributed by atoms with E-state index >= 15 is 0 Å². The molecule has 1 aliphatic rings. The van der Waals surface area contributed by atoms with Gasteiger partial charge in [0.05, 0.1) is 0 Å². The molecular formula is C29H47N3O2S. The molecule has 3 N–H and O–H groups in total. The third-order valence-electron chi connectivity index (χ3n) is 4.62. The monoisotopic (exact) mass is 501 g/mol. The van der Waals surface area contributed by atoms with Crippen molar-refractivity contribution < 1.29 is 9.59 Å². The zero-order valence-corrected chi connectivity index (χ0v) is 23.9. The molecule has 6 heteroatoms. The van der Waals surface area contributed by atoms with Crippen LogP contribution in [-0.2, 0) is 16.1 Å². The van der Waals surface area contributed by atoms with Crippen LogP contribution in [0.25, 0.3) is 4.91 Å². The van der Waals surface area contributed by atoms with Crippen LogP contribution in [0.2, 0.25) is 0 Å². The molecule has 0 aliphatic carbocycles. The van der Waals surface area contributed by atoms with Gasteiger partial charge in [0.15, 0.2) is 0 Å². The third kappa shape index (κ3) is 16.1. The summed E-state index contributed by atoms with van der Waals surface area (Å²) in [6.45, 7) is 19.0. The summed E-state index contributed by atoms with van der Waals surface area (Å²) in [6, 6.07) is 8.42. The van der Waals surface area contributed by atoms with Gasteiger partial charge in [0.1, 0.15) is 0 Å². The molecule has 1 heterocycles. The van der Waals surface area contributed by atoms with Crippen molar-refractivity contribution in [1.29, 1.82) is 0 Å². The highest BCUT2D eigenvalue weighted by Gasteiger charge is 2.23. The van der Waals surface area contributed by atoms with Gasteiger partial charge in [-0.1, -0.05) is 77.3 Å². The summed E-state index contributed by atoms with van der Waals surface area (Å²) in [4.78, 5) is 24.8. The molecule has 0 radical (unpaired) electrons. The summed E-state index contributed by atoms with van der Waals surface area (Å²) in [5.74, 6) is 4.62. The SMILES string of the molecule is CC(C)C.CC(C)CC(=O)N1CCC(N)C1.CCC#CSC(=C(C)C)c1ccc(CNC=O)cc1. The Kier molecular flexibility index (Phi) is 17.8. The Bertz CT molecular complexity index is 829. The number of rotatable bonds is 7. The molecule has 0 saturated carbocycles. The van der Waals surface area contributed by atoms with Crippen molar-refractivity contribution in [3.8, 4) is 11.2 Å². The number of amides is 2. The molecule has 5 nitrogen and oxygen atoms in total. The number of likely N-dealkylation sites (tertiary alicyclic amines) is 1. The molecule has 1 aromatic rings. The molecule has 2 amide bonds. The Morgan fingerprint density at radius 1 is 1.20 bits per heavy atom. The highest BCUT2D eigenvalue weighted by molar-refractivity contribution is 8.12. The maximum Gasteiger partial charge on any atom is 0.222 e. The van der Waals surface area contributed by atoms with Gasteiger partial charge in [-0.05, 0) is 60.2 Å². The minimum Gasteiger partial charge on any atom is -0.355 e. The highest BCUT2D eigenvalue weighted by Crippen LogP contribution is 2.30. The van der Waals surface area contributed by atoms with Crippen LogP contribution in [0.1, 0.15) is 85.8 Å². The van der Waals surface area contributed by atoms with E-state index in [-0.39, 0.29) is 11.9 Å². The van der Waals surface area contributed by atoms with Crippen molar-refractivity contribution >= 4 is 29.0 Å². The van der Waals surface area contributed by atoms with Gasteiger partial charge in [-0.2, -0.15) is 0 Å². The maximum absolute atomic E-state index is 11.5. The lowest BCUT2D eigenvalue weighted by Gasteiger charge is -2.16. The standard InChI is InChI=1S/C16H19NOS.C9H18N2O.C4H10/c1-4-5-10-19-16(13(2)3)15-8-6-14(7-9-15)11-17-12-18;1-7(2)5-9(12)11-4-3-8(10)6-11;1-4(2)3/h6-9,12H,4,11H2,1-3H3,(H,17,18);7-8H,3-6,10H2,1-2H3;4H,1-3H3. The number of thioether (sulfide) groups is 1. The quantitative estimate of drug-likeness (QED) is 0.353. The van der Waals surface area contributed by atoms with Crippen LogP contribution in [0, 0.1) is 23.0 Å². The average Bonchev–Trinajstić information content (AvgIpc) is 3.22. The van der Waals surface area contributed by atoms with Crippen LogP contribution in [0.5, 0.6) is 0 Å². The molecule has 1 atom stereocenters. The van der Waals surface area contributed by atoms with E-state index in [2.05, 4.69) is 77.1 Å². The lowest BCUT2D eigenvalue weighted by Crippen LogP contribution is -2.32. The first-order valence-electron chi connectivity index (χ1n) is 12.6. The van der Waals surface area contributed by atoms with Crippen molar-refractivity contribution in [2.24, 2.45) is 17.6 Å². The minimum absolute atomic E-state index is 0.209. The van der Waals surface area contributed by atoms with Crippen molar-refractivity contribution in [1.82, 2.24) is 10.2 Å². The largest absolute Gasteiger partial charge is 0.355 e. The Morgan fingerprint density at radius 2 is 1.80 bits per heavy atom. The van der Waals surface area contributed by atoms with Gasteiger partial charge < -0.3 is 16.0 Å². The first kappa shape index (κ1) is 32.8. The second-order valence-corrected chi connectivity index (χ2v) is 10.8. The lowest BCUT2D eigenvalue weighted by atomic mass is 10.1. The Hall–Kier alpha value is -2.23. The molecule has 0 aromatic heterocycles. The predicted octanol–water partition coefficient (Wildman–Crippen LogP) is 6.04. The van der Waals surface area contributed by atoms with Crippen molar-refractivity contribution in [3.05, 3.63) is 41.0 Å². The predicted molar refractivity (Wildman–Crippen MR) is 152 cm³/mol. The number of hydrogen-bond acceptors (Lipinski definition) is 4. The van der Waals surface area contributed by atoms with Crippen LogP contribution in [0.15, 0.2) is 29.8 Å². The zero-order valence-electron chi connectivity index (χ0n) is 23.1.